The zero-order valence-corrected chi connectivity index (χ0v) is 19.8. The van der Waals surface area contributed by atoms with Gasteiger partial charge in [-0.05, 0) is 29.8 Å². The van der Waals surface area contributed by atoms with Crippen LogP contribution in [0.3, 0.4) is 0 Å². The van der Waals surface area contributed by atoms with Gasteiger partial charge in [-0.2, -0.15) is 0 Å². The largest absolute Gasteiger partial charge is 0.492 e. The molecule has 1 aliphatic heterocycles. The average Bonchev–Trinajstić information content (AvgIpc) is 2.75. The van der Waals surface area contributed by atoms with E-state index in [2.05, 4.69) is 44.8 Å². The number of para-hydroxylation sites is 1. The Labute approximate surface area is 195 Å². The number of carbonyl (C=O) groups is 1. The number of nitrogens with one attached hydrogen (secondary N) is 2. The predicted molar refractivity (Wildman–Crippen MR) is 132 cm³/mol. The number of aliphatic imine (C=N–C) groups is 1. The van der Waals surface area contributed by atoms with Crippen LogP contribution in [-0.2, 0) is 11.3 Å². The van der Waals surface area contributed by atoms with Gasteiger partial charge in [-0.3, -0.25) is 9.79 Å². The molecular weight excluding hydrogens is 493 g/mol. The van der Waals surface area contributed by atoms with E-state index >= 15 is 0 Å². The number of benzene rings is 2. The van der Waals surface area contributed by atoms with Crippen molar-refractivity contribution in [2.24, 2.45) is 4.99 Å². The Morgan fingerprint density at radius 2 is 1.93 bits per heavy atom. The van der Waals surface area contributed by atoms with E-state index in [1.54, 1.807) is 7.05 Å². The van der Waals surface area contributed by atoms with Crippen molar-refractivity contribution in [1.29, 1.82) is 0 Å². The molecule has 30 heavy (non-hydrogen) atoms. The molecule has 1 amide bonds. The molecule has 0 bridgehead atoms. The van der Waals surface area contributed by atoms with Gasteiger partial charge in [-0.15, -0.1) is 24.0 Å². The minimum absolute atomic E-state index is 0. The highest BCUT2D eigenvalue weighted by atomic mass is 127. The van der Waals surface area contributed by atoms with Crippen LogP contribution in [0.5, 0.6) is 5.75 Å². The van der Waals surface area contributed by atoms with Gasteiger partial charge in [0.05, 0.1) is 13.1 Å². The minimum Gasteiger partial charge on any atom is -0.492 e. The maximum Gasteiger partial charge on any atom is 0.239 e. The van der Waals surface area contributed by atoms with Crippen LogP contribution in [-0.4, -0.2) is 63.6 Å². The summed E-state index contributed by atoms with van der Waals surface area (Å²) in [5, 5.41) is 6.23. The summed E-state index contributed by atoms with van der Waals surface area (Å²) in [6.45, 7) is 3.94. The number of ether oxygens (including phenoxy) is 1. The molecular formula is C22H30IN5O2. The lowest BCUT2D eigenvalue weighted by atomic mass is 10.2. The Bertz CT molecular complexity index is 814. The van der Waals surface area contributed by atoms with Crippen LogP contribution in [0.15, 0.2) is 59.6 Å². The molecule has 8 heteroatoms. The fourth-order valence-electron chi connectivity index (χ4n) is 3.17. The highest BCUT2D eigenvalue weighted by Gasteiger charge is 2.16. The van der Waals surface area contributed by atoms with Gasteiger partial charge in [-0.25, -0.2) is 0 Å². The van der Waals surface area contributed by atoms with Gasteiger partial charge < -0.3 is 25.2 Å². The number of piperazine rings is 1. The highest BCUT2D eigenvalue weighted by Crippen LogP contribution is 2.16. The molecule has 0 spiro atoms. The molecule has 7 nitrogen and oxygen atoms in total. The highest BCUT2D eigenvalue weighted by molar-refractivity contribution is 14.0. The Balaban J connectivity index is 0.00000320. The normalized spacial score (nSPS) is 13.9. The van der Waals surface area contributed by atoms with Crippen LogP contribution >= 0.6 is 24.0 Å². The molecule has 1 heterocycles. The minimum atomic E-state index is 0. The van der Waals surface area contributed by atoms with E-state index in [1.807, 2.05) is 42.3 Å². The lowest BCUT2D eigenvalue weighted by molar-refractivity contribution is -0.120. The van der Waals surface area contributed by atoms with E-state index in [9.17, 15) is 4.79 Å². The van der Waals surface area contributed by atoms with Gasteiger partial charge in [0.15, 0.2) is 5.96 Å². The Morgan fingerprint density at radius 1 is 1.20 bits per heavy atom. The van der Waals surface area contributed by atoms with Crippen LogP contribution in [0, 0.1) is 0 Å². The Morgan fingerprint density at radius 3 is 2.60 bits per heavy atom. The SMILES string of the molecule is CN=C(NCc1ccc(N2CCNC(=O)C2)cc1)N(C)CCOc1ccccc1.I. The average molecular weight is 523 g/mol. The first-order chi connectivity index (χ1) is 14.2. The van der Waals surface area contributed by atoms with Crippen molar-refractivity contribution in [2.45, 2.75) is 6.54 Å². The molecule has 1 saturated heterocycles. The van der Waals surface area contributed by atoms with Crippen molar-refractivity contribution in [1.82, 2.24) is 15.5 Å². The third kappa shape index (κ3) is 7.08. The van der Waals surface area contributed by atoms with E-state index in [0.29, 0.717) is 26.2 Å². The number of guanidine groups is 1. The quantitative estimate of drug-likeness (QED) is 0.332. The van der Waals surface area contributed by atoms with Gasteiger partial charge in [0.25, 0.3) is 0 Å². The molecule has 2 N–H and O–H groups in total. The molecule has 2 aromatic rings. The number of hydrogen-bond donors (Lipinski definition) is 2. The molecule has 0 saturated carbocycles. The lowest BCUT2D eigenvalue weighted by Crippen LogP contribution is -2.47. The van der Waals surface area contributed by atoms with Crippen molar-refractivity contribution in [2.75, 3.05) is 51.8 Å². The van der Waals surface area contributed by atoms with Crippen molar-refractivity contribution < 1.29 is 9.53 Å². The zero-order valence-electron chi connectivity index (χ0n) is 17.5. The van der Waals surface area contributed by atoms with Crippen LogP contribution < -0.4 is 20.3 Å². The van der Waals surface area contributed by atoms with Gasteiger partial charge in [0.2, 0.25) is 5.91 Å². The number of carbonyl (C=O) groups excluding carboxylic acids is 1. The summed E-state index contributed by atoms with van der Waals surface area (Å²) in [6, 6.07) is 18.1. The van der Waals surface area contributed by atoms with Crippen LogP contribution in [0.4, 0.5) is 5.69 Å². The summed E-state index contributed by atoms with van der Waals surface area (Å²) in [7, 11) is 3.77. The predicted octanol–water partition coefficient (Wildman–Crippen LogP) is 2.33. The van der Waals surface area contributed by atoms with Crippen LogP contribution in [0.25, 0.3) is 0 Å². The van der Waals surface area contributed by atoms with Crippen LogP contribution in [0.1, 0.15) is 5.56 Å². The second-order valence-electron chi connectivity index (χ2n) is 6.92. The Kier molecular flexibility index (Phi) is 9.72. The number of likely N-dealkylation sites (N-methyl/N-ethyl adjacent to an activating group) is 1. The summed E-state index contributed by atoms with van der Waals surface area (Å²) in [4.78, 5) is 20.0. The van der Waals surface area contributed by atoms with E-state index in [4.69, 9.17) is 4.74 Å². The molecule has 1 aliphatic rings. The van der Waals surface area contributed by atoms with E-state index < -0.39 is 0 Å². The molecule has 3 rings (SSSR count). The van der Waals surface area contributed by atoms with Gasteiger partial charge in [-0.1, -0.05) is 30.3 Å². The molecule has 1 fully saturated rings. The molecule has 0 aromatic heterocycles. The van der Waals surface area contributed by atoms with Crippen molar-refractivity contribution in [3.05, 3.63) is 60.2 Å². The standard InChI is InChI=1S/C22H29N5O2.HI/c1-23-22(26(2)14-15-29-20-6-4-3-5-7-20)25-16-18-8-10-19(11-9-18)27-13-12-24-21(28)17-27;/h3-11H,12-17H2,1-2H3,(H,23,25)(H,24,28);1H. The number of halogens is 1. The lowest BCUT2D eigenvalue weighted by Gasteiger charge is -2.28. The van der Waals surface area contributed by atoms with Gasteiger partial charge in [0.1, 0.15) is 12.4 Å². The molecule has 0 atom stereocenters. The van der Waals surface area contributed by atoms with Crippen molar-refractivity contribution in [3.8, 4) is 5.75 Å². The van der Waals surface area contributed by atoms with Gasteiger partial charge >= 0.3 is 0 Å². The Hall–Kier alpha value is -2.49. The number of anilines is 1. The molecule has 0 aliphatic carbocycles. The fraction of sp³-hybridized carbons (Fsp3) is 0.364. The maximum atomic E-state index is 11.6. The van der Waals surface area contributed by atoms with E-state index in [-0.39, 0.29) is 29.9 Å². The monoisotopic (exact) mass is 523 g/mol. The summed E-state index contributed by atoms with van der Waals surface area (Å²) in [6.07, 6.45) is 0. The van der Waals surface area contributed by atoms with Crippen molar-refractivity contribution in [3.63, 3.8) is 0 Å². The third-order valence-corrected chi connectivity index (χ3v) is 4.80. The second kappa shape index (κ2) is 12.3. The molecule has 0 unspecified atom stereocenters. The first-order valence-electron chi connectivity index (χ1n) is 9.86. The van der Waals surface area contributed by atoms with E-state index in [0.717, 1.165) is 36.0 Å². The first kappa shape index (κ1) is 23.8. The summed E-state index contributed by atoms with van der Waals surface area (Å²) in [5.74, 6) is 1.76. The van der Waals surface area contributed by atoms with Gasteiger partial charge in [0, 0.05) is 39.4 Å². The smallest absolute Gasteiger partial charge is 0.239 e. The number of amides is 1. The topological polar surface area (TPSA) is 69.2 Å². The maximum absolute atomic E-state index is 11.6. The molecule has 2 aromatic carbocycles. The number of nitrogens with zero attached hydrogens (tertiary/aromatic N) is 3. The molecule has 0 radical (unpaired) electrons. The summed E-state index contributed by atoms with van der Waals surface area (Å²) in [5.41, 5.74) is 2.23. The fourth-order valence-corrected chi connectivity index (χ4v) is 3.17. The van der Waals surface area contributed by atoms with Crippen molar-refractivity contribution >= 4 is 41.5 Å². The zero-order chi connectivity index (χ0) is 20.5. The molecule has 162 valence electrons. The second-order valence-corrected chi connectivity index (χ2v) is 6.92. The number of rotatable bonds is 7. The summed E-state index contributed by atoms with van der Waals surface area (Å²) >= 11 is 0. The number of hydrogen-bond acceptors (Lipinski definition) is 4. The van der Waals surface area contributed by atoms with E-state index in [1.165, 1.54) is 0 Å². The van der Waals surface area contributed by atoms with Crippen LogP contribution in [0.2, 0.25) is 0 Å². The third-order valence-electron chi connectivity index (χ3n) is 4.80. The summed E-state index contributed by atoms with van der Waals surface area (Å²) < 4.78 is 5.75. The first-order valence-corrected chi connectivity index (χ1v) is 9.86.